The molecule has 2 aromatic rings. The van der Waals surface area contributed by atoms with Gasteiger partial charge < -0.3 is 4.74 Å². The molecular formula is C22H24N2O4S. The van der Waals surface area contributed by atoms with Gasteiger partial charge in [-0.15, -0.1) is 11.3 Å². The Kier molecular flexibility index (Phi) is 5.76. The summed E-state index contributed by atoms with van der Waals surface area (Å²) in [6, 6.07) is 9.71. The molecule has 2 bridgehead atoms. The van der Waals surface area contributed by atoms with Crippen LogP contribution in [0, 0.1) is 17.8 Å². The number of carbonyl (C=O) groups is 3. The van der Waals surface area contributed by atoms with Crippen molar-refractivity contribution in [2.45, 2.75) is 45.1 Å². The zero-order valence-electron chi connectivity index (χ0n) is 16.3. The lowest BCUT2D eigenvalue weighted by Gasteiger charge is -2.36. The van der Waals surface area contributed by atoms with Gasteiger partial charge in [0, 0.05) is 22.8 Å². The van der Waals surface area contributed by atoms with E-state index in [-0.39, 0.29) is 23.7 Å². The van der Waals surface area contributed by atoms with Gasteiger partial charge in [0.2, 0.25) is 0 Å². The van der Waals surface area contributed by atoms with Gasteiger partial charge >= 0.3 is 5.97 Å². The minimum Gasteiger partial charge on any atom is -0.452 e. The van der Waals surface area contributed by atoms with Crippen LogP contribution in [0.2, 0.25) is 0 Å². The first-order chi connectivity index (χ1) is 14.0. The van der Waals surface area contributed by atoms with Crippen LogP contribution in [0.4, 0.5) is 5.13 Å². The van der Waals surface area contributed by atoms with Gasteiger partial charge in [-0.1, -0.05) is 36.8 Å². The van der Waals surface area contributed by atoms with Crippen LogP contribution in [-0.4, -0.2) is 28.7 Å². The number of hydrogen-bond donors (Lipinski definition) is 1. The number of carbonyl (C=O) groups excluding carboxylic acids is 3. The van der Waals surface area contributed by atoms with Crippen molar-refractivity contribution in [3.63, 3.8) is 0 Å². The molecular weight excluding hydrogens is 388 g/mol. The summed E-state index contributed by atoms with van der Waals surface area (Å²) in [5.41, 5.74) is 1.76. The van der Waals surface area contributed by atoms with Gasteiger partial charge in [-0.2, -0.15) is 0 Å². The van der Waals surface area contributed by atoms with E-state index in [0.29, 0.717) is 23.8 Å². The molecule has 1 aromatic heterocycles. The molecule has 0 spiro atoms. The van der Waals surface area contributed by atoms with Crippen LogP contribution in [0.15, 0.2) is 35.7 Å². The van der Waals surface area contributed by atoms with E-state index in [2.05, 4.69) is 10.3 Å². The van der Waals surface area contributed by atoms with Crippen LogP contribution in [0.25, 0.3) is 11.3 Å². The molecule has 4 rings (SSSR count). The second-order valence-electron chi connectivity index (χ2n) is 7.87. The maximum absolute atomic E-state index is 12.6. The maximum Gasteiger partial charge on any atom is 0.309 e. The molecule has 1 aromatic carbocycles. The summed E-state index contributed by atoms with van der Waals surface area (Å²) in [5, 5.41) is 5.07. The van der Waals surface area contributed by atoms with Crippen molar-refractivity contribution in [3.8, 4) is 11.3 Å². The molecule has 0 saturated heterocycles. The highest BCUT2D eigenvalue weighted by atomic mass is 32.1. The average Bonchev–Trinajstić information content (AvgIpc) is 3.17. The van der Waals surface area contributed by atoms with Gasteiger partial charge in [0.15, 0.2) is 11.2 Å². The van der Waals surface area contributed by atoms with Crippen LogP contribution in [0.3, 0.4) is 0 Å². The van der Waals surface area contributed by atoms with E-state index in [1.54, 1.807) is 6.92 Å². The largest absolute Gasteiger partial charge is 0.452 e. The second kappa shape index (κ2) is 8.45. The standard InChI is InChI=1S/C22H24N2O4S/c1-13(28-21(27)17-10-15-8-5-9-16(11-17)19(15)25)20(26)24-22-23-18(12-29-22)14-6-3-2-4-7-14/h2-4,6-7,12-13,15-17H,5,8-11H2,1H3,(H,23,24,26)/t13-,15-,16+,17?/m1/s1. The third-order valence-electron chi connectivity index (χ3n) is 5.85. The normalized spacial score (nSPS) is 24.6. The van der Waals surface area contributed by atoms with Crippen molar-refractivity contribution in [3.05, 3.63) is 35.7 Å². The van der Waals surface area contributed by atoms with E-state index in [4.69, 9.17) is 4.74 Å². The fourth-order valence-corrected chi connectivity index (χ4v) is 5.00. The van der Waals surface area contributed by atoms with Crippen molar-refractivity contribution < 1.29 is 19.1 Å². The number of nitrogens with zero attached hydrogens (tertiary/aromatic N) is 1. The van der Waals surface area contributed by atoms with E-state index >= 15 is 0 Å². The fraction of sp³-hybridized carbons (Fsp3) is 0.455. The van der Waals surface area contributed by atoms with E-state index in [1.807, 2.05) is 35.7 Å². The van der Waals surface area contributed by atoms with Gasteiger partial charge in [-0.05, 0) is 32.6 Å². The minimum absolute atomic E-state index is 0.0177. The first kappa shape index (κ1) is 19.8. The number of benzene rings is 1. The van der Waals surface area contributed by atoms with E-state index in [0.717, 1.165) is 30.5 Å². The first-order valence-corrected chi connectivity index (χ1v) is 10.9. The molecule has 2 saturated carbocycles. The number of esters is 1. The smallest absolute Gasteiger partial charge is 0.309 e. The molecule has 152 valence electrons. The number of amides is 1. The van der Waals surface area contributed by atoms with Gasteiger partial charge in [0.1, 0.15) is 5.78 Å². The Morgan fingerprint density at radius 2 is 1.86 bits per heavy atom. The Hall–Kier alpha value is -2.54. The number of nitrogens with one attached hydrogen (secondary N) is 1. The number of thiazole rings is 1. The lowest BCUT2D eigenvalue weighted by Crippen LogP contribution is -2.41. The number of Topliss-reactive ketones (excluding diaryl/α,β-unsaturated/α-hetero) is 1. The number of rotatable bonds is 5. The van der Waals surface area contributed by atoms with Crippen molar-refractivity contribution >= 4 is 34.1 Å². The van der Waals surface area contributed by atoms with Crippen LogP contribution < -0.4 is 5.32 Å². The van der Waals surface area contributed by atoms with Crippen molar-refractivity contribution in [2.75, 3.05) is 5.32 Å². The van der Waals surface area contributed by atoms with Gasteiger partial charge in [-0.25, -0.2) is 4.98 Å². The predicted octanol–water partition coefficient (Wildman–Crippen LogP) is 4.08. The Bertz CT molecular complexity index is 895. The summed E-state index contributed by atoms with van der Waals surface area (Å²) in [7, 11) is 0. The number of fused-ring (bicyclic) bond motifs is 2. The van der Waals surface area contributed by atoms with Crippen LogP contribution >= 0.6 is 11.3 Å². The van der Waals surface area contributed by atoms with Crippen LogP contribution in [0.1, 0.15) is 39.0 Å². The van der Waals surface area contributed by atoms with E-state index in [9.17, 15) is 14.4 Å². The van der Waals surface area contributed by atoms with Crippen LogP contribution in [0.5, 0.6) is 0 Å². The van der Waals surface area contributed by atoms with E-state index < -0.39 is 12.0 Å². The van der Waals surface area contributed by atoms with Gasteiger partial charge in [0.05, 0.1) is 11.6 Å². The minimum atomic E-state index is -0.913. The summed E-state index contributed by atoms with van der Waals surface area (Å²) in [6.07, 6.45) is 2.97. The number of ether oxygens (including phenoxy) is 1. The Balaban J connectivity index is 1.32. The molecule has 4 atom stereocenters. The number of aromatic nitrogens is 1. The molecule has 2 fully saturated rings. The number of ketones is 1. The first-order valence-electron chi connectivity index (χ1n) is 10.1. The molecule has 1 unspecified atom stereocenters. The highest BCUT2D eigenvalue weighted by molar-refractivity contribution is 7.14. The highest BCUT2D eigenvalue weighted by Gasteiger charge is 2.42. The quantitative estimate of drug-likeness (QED) is 0.748. The number of anilines is 1. The lowest BCUT2D eigenvalue weighted by molar-refractivity contribution is -0.161. The summed E-state index contributed by atoms with van der Waals surface area (Å²) in [5.74, 6) is -0.792. The molecule has 1 N–H and O–H groups in total. The number of hydrogen-bond acceptors (Lipinski definition) is 6. The van der Waals surface area contributed by atoms with Crippen molar-refractivity contribution in [1.29, 1.82) is 0 Å². The van der Waals surface area contributed by atoms with Gasteiger partial charge in [-0.3, -0.25) is 19.7 Å². The monoisotopic (exact) mass is 412 g/mol. The molecule has 6 nitrogen and oxygen atoms in total. The topological polar surface area (TPSA) is 85.4 Å². The summed E-state index contributed by atoms with van der Waals surface area (Å²) in [4.78, 5) is 41.6. The molecule has 1 amide bonds. The summed E-state index contributed by atoms with van der Waals surface area (Å²) in [6.45, 7) is 1.56. The molecule has 0 radical (unpaired) electrons. The lowest BCUT2D eigenvalue weighted by atomic mass is 9.67. The third kappa shape index (κ3) is 4.40. The van der Waals surface area contributed by atoms with Crippen molar-refractivity contribution in [2.24, 2.45) is 17.8 Å². The van der Waals surface area contributed by atoms with Crippen molar-refractivity contribution in [1.82, 2.24) is 4.98 Å². The molecule has 0 aliphatic heterocycles. The molecule has 2 aliphatic rings. The molecule has 7 heteroatoms. The fourth-order valence-electron chi connectivity index (χ4n) is 4.28. The molecule has 2 aliphatic carbocycles. The predicted molar refractivity (Wildman–Crippen MR) is 110 cm³/mol. The molecule has 1 heterocycles. The summed E-state index contributed by atoms with van der Waals surface area (Å²) >= 11 is 1.33. The highest BCUT2D eigenvalue weighted by Crippen LogP contribution is 2.40. The molecule has 29 heavy (non-hydrogen) atoms. The Labute approximate surface area is 173 Å². The second-order valence-corrected chi connectivity index (χ2v) is 8.73. The Morgan fingerprint density at radius 1 is 1.17 bits per heavy atom. The average molecular weight is 413 g/mol. The van der Waals surface area contributed by atoms with E-state index in [1.165, 1.54) is 11.3 Å². The zero-order valence-corrected chi connectivity index (χ0v) is 17.1. The van der Waals surface area contributed by atoms with Crippen LogP contribution in [-0.2, 0) is 19.1 Å². The summed E-state index contributed by atoms with van der Waals surface area (Å²) < 4.78 is 5.43. The Morgan fingerprint density at radius 3 is 2.55 bits per heavy atom. The SMILES string of the molecule is C[C@@H](OC(=O)C1C[C@H]2CCC[C@@H](C1)C2=O)C(=O)Nc1nc(-c2ccccc2)cs1. The van der Waals surface area contributed by atoms with Gasteiger partial charge in [0.25, 0.3) is 5.91 Å². The zero-order chi connectivity index (χ0) is 20.4. The third-order valence-corrected chi connectivity index (χ3v) is 6.61. The maximum atomic E-state index is 12.6.